The molecule has 0 unspecified atom stereocenters. The van der Waals surface area contributed by atoms with Gasteiger partial charge < -0.3 is 9.47 Å². The van der Waals surface area contributed by atoms with Gasteiger partial charge in [-0.2, -0.15) is 0 Å². The number of nitro groups is 1. The summed E-state index contributed by atoms with van der Waals surface area (Å²) in [6.07, 6.45) is 0. The summed E-state index contributed by atoms with van der Waals surface area (Å²) < 4.78 is 38.5. The van der Waals surface area contributed by atoms with Crippen molar-refractivity contribution in [1.29, 1.82) is 0 Å². The van der Waals surface area contributed by atoms with Crippen LogP contribution in [-0.4, -0.2) is 64.2 Å². The Bertz CT molecular complexity index is 732. The van der Waals surface area contributed by atoms with E-state index in [1.807, 2.05) is 13.8 Å². The van der Waals surface area contributed by atoms with E-state index in [0.29, 0.717) is 13.2 Å². The van der Waals surface area contributed by atoms with Gasteiger partial charge in [-0.05, 0) is 12.0 Å². The molecular weight excluding hydrogens is 362 g/mol. The lowest BCUT2D eigenvalue weighted by Gasteiger charge is -2.36. The molecule has 0 aromatic heterocycles. The Balaban J connectivity index is 2.21. The Labute approximate surface area is 153 Å². The fourth-order valence-electron chi connectivity index (χ4n) is 2.96. The molecule has 0 aliphatic carbocycles. The van der Waals surface area contributed by atoms with Gasteiger partial charge in [0.1, 0.15) is 10.6 Å². The van der Waals surface area contributed by atoms with E-state index < -0.39 is 14.9 Å². The summed E-state index contributed by atoms with van der Waals surface area (Å²) in [5.41, 5.74) is -0.306. The summed E-state index contributed by atoms with van der Waals surface area (Å²) in [7, 11) is -2.64. The van der Waals surface area contributed by atoms with Crippen molar-refractivity contribution in [2.45, 2.75) is 24.8 Å². The first-order valence-electron chi connectivity index (χ1n) is 8.40. The average molecular weight is 387 g/mol. The second-order valence-corrected chi connectivity index (χ2v) is 8.14. The van der Waals surface area contributed by atoms with Crippen LogP contribution in [-0.2, 0) is 14.8 Å². The summed E-state index contributed by atoms with van der Waals surface area (Å²) in [4.78, 5) is 12.3. The van der Waals surface area contributed by atoms with Crippen molar-refractivity contribution >= 4 is 15.7 Å². The lowest BCUT2D eigenvalue weighted by molar-refractivity contribution is -0.385. The smallest absolute Gasteiger partial charge is 0.271 e. The lowest BCUT2D eigenvalue weighted by atomic mass is 10.0. The van der Waals surface area contributed by atoms with Crippen LogP contribution >= 0.6 is 0 Å². The van der Waals surface area contributed by atoms with Crippen molar-refractivity contribution < 1.29 is 22.8 Å². The zero-order valence-corrected chi connectivity index (χ0v) is 16.0. The SMILES string of the molecule is COc1ccc([N+](=O)[O-])cc1S(=O)(=O)NC[C@@H](C(C)C)N1CCOCC1. The maximum absolute atomic E-state index is 12.7. The molecule has 1 heterocycles. The van der Waals surface area contributed by atoms with Gasteiger partial charge in [0.25, 0.3) is 5.69 Å². The third-order valence-corrected chi connectivity index (χ3v) is 5.86. The molecule has 1 aromatic rings. The highest BCUT2D eigenvalue weighted by Gasteiger charge is 2.28. The minimum atomic E-state index is -3.96. The molecule has 1 fully saturated rings. The van der Waals surface area contributed by atoms with Crippen molar-refractivity contribution in [3.8, 4) is 5.75 Å². The first-order chi connectivity index (χ1) is 12.3. The quantitative estimate of drug-likeness (QED) is 0.528. The molecule has 1 atom stereocenters. The van der Waals surface area contributed by atoms with Crippen LogP contribution in [0, 0.1) is 16.0 Å². The van der Waals surface area contributed by atoms with E-state index in [1.165, 1.54) is 19.2 Å². The molecular formula is C16H25N3O6S. The number of non-ortho nitro benzene ring substituents is 1. The van der Waals surface area contributed by atoms with E-state index in [0.717, 1.165) is 19.2 Å². The standard InChI is InChI=1S/C16H25N3O6S/c1-12(2)14(18-6-8-25-9-7-18)11-17-26(22,23)16-10-13(19(20)21)4-5-15(16)24-3/h4-5,10,12,14,17H,6-9,11H2,1-3H3/t14-/m0/s1. The molecule has 0 radical (unpaired) electrons. The molecule has 10 heteroatoms. The highest BCUT2D eigenvalue weighted by Crippen LogP contribution is 2.28. The van der Waals surface area contributed by atoms with Crippen molar-refractivity contribution in [1.82, 2.24) is 9.62 Å². The van der Waals surface area contributed by atoms with Crippen LogP contribution in [0.15, 0.2) is 23.1 Å². The van der Waals surface area contributed by atoms with E-state index in [1.54, 1.807) is 0 Å². The van der Waals surface area contributed by atoms with Gasteiger partial charge in [0.2, 0.25) is 10.0 Å². The number of nitrogens with one attached hydrogen (secondary N) is 1. The van der Waals surface area contributed by atoms with Gasteiger partial charge in [0.15, 0.2) is 0 Å². The normalized spacial score (nSPS) is 17.2. The van der Waals surface area contributed by atoms with Crippen LogP contribution in [0.2, 0.25) is 0 Å². The zero-order valence-electron chi connectivity index (χ0n) is 15.2. The second-order valence-electron chi connectivity index (χ2n) is 6.40. The Morgan fingerprint density at radius 3 is 2.54 bits per heavy atom. The predicted octanol–water partition coefficient (Wildman–Crippen LogP) is 1.24. The van der Waals surface area contributed by atoms with Crippen LogP contribution < -0.4 is 9.46 Å². The first-order valence-corrected chi connectivity index (χ1v) is 9.88. The van der Waals surface area contributed by atoms with Gasteiger partial charge in [0.05, 0.1) is 25.2 Å². The molecule has 0 spiro atoms. The molecule has 146 valence electrons. The third kappa shape index (κ3) is 4.91. The average Bonchev–Trinajstić information content (AvgIpc) is 2.61. The molecule has 2 rings (SSSR count). The molecule has 0 amide bonds. The number of sulfonamides is 1. The van der Waals surface area contributed by atoms with Crippen LogP contribution in [0.4, 0.5) is 5.69 Å². The number of ether oxygens (including phenoxy) is 2. The number of nitrogens with zero attached hydrogens (tertiary/aromatic N) is 2. The van der Waals surface area contributed by atoms with E-state index >= 15 is 0 Å². The molecule has 26 heavy (non-hydrogen) atoms. The van der Waals surface area contributed by atoms with Crippen molar-refractivity contribution in [2.75, 3.05) is 40.0 Å². The zero-order chi connectivity index (χ0) is 19.3. The van der Waals surface area contributed by atoms with Crippen molar-refractivity contribution in [3.63, 3.8) is 0 Å². The maximum atomic E-state index is 12.7. The number of hydrogen-bond acceptors (Lipinski definition) is 7. The molecule has 1 saturated heterocycles. The number of methoxy groups -OCH3 is 1. The Morgan fingerprint density at radius 2 is 2.00 bits per heavy atom. The Hall–Kier alpha value is -1.75. The van der Waals surface area contributed by atoms with E-state index in [9.17, 15) is 18.5 Å². The third-order valence-electron chi connectivity index (χ3n) is 4.41. The summed E-state index contributed by atoms with van der Waals surface area (Å²) in [5, 5.41) is 11.0. The van der Waals surface area contributed by atoms with Crippen molar-refractivity contribution in [3.05, 3.63) is 28.3 Å². The van der Waals surface area contributed by atoms with Gasteiger partial charge in [-0.3, -0.25) is 15.0 Å². The predicted molar refractivity (Wildman–Crippen MR) is 95.9 cm³/mol. The van der Waals surface area contributed by atoms with Crippen LogP contribution in [0.5, 0.6) is 5.75 Å². The highest BCUT2D eigenvalue weighted by molar-refractivity contribution is 7.89. The summed E-state index contributed by atoms with van der Waals surface area (Å²) in [6, 6.07) is 3.51. The van der Waals surface area contributed by atoms with Crippen LogP contribution in [0.1, 0.15) is 13.8 Å². The Morgan fingerprint density at radius 1 is 1.35 bits per heavy atom. The number of rotatable bonds is 8. The van der Waals surface area contributed by atoms with Gasteiger partial charge >= 0.3 is 0 Å². The molecule has 0 bridgehead atoms. The molecule has 1 aromatic carbocycles. The second kappa shape index (κ2) is 8.76. The number of benzene rings is 1. The van der Waals surface area contributed by atoms with Crippen molar-refractivity contribution in [2.24, 2.45) is 5.92 Å². The van der Waals surface area contributed by atoms with E-state index in [2.05, 4.69) is 9.62 Å². The van der Waals surface area contributed by atoms with Gasteiger partial charge in [0, 0.05) is 37.8 Å². The molecule has 1 aliphatic heterocycles. The maximum Gasteiger partial charge on any atom is 0.271 e. The largest absolute Gasteiger partial charge is 0.495 e. The molecule has 1 N–H and O–H groups in total. The minimum Gasteiger partial charge on any atom is -0.495 e. The van der Waals surface area contributed by atoms with Gasteiger partial charge in [-0.15, -0.1) is 0 Å². The van der Waals surface area contributed by atoms with Crippen LogP contribution in [0.25, 0.3) is 0 Å². The monoisotopic (exact) mass is 387 g/mol. The number of nitro benzene ring substituents is 1. The fourth-order valence-corrected chi connectivity index (χ4v) is 4.20. The highest BCUT2D eigenvalue weighted by atomic mass is 32.2. The molecule has 1 aliphatic rings. The topological polar surface area (TPSA) is 111 Å². The molecule has 0 saturated carbocycles. The summed E-state index contributed by atoms with van der Waals surface area (Å²) in [6.45, 7) is 6.98. The van der Waals surface area contributed by atoms with E-state index in [4.69, 9.17) is 9.47 Å². The van der Waals surface area contributed by atoms with Gasteiger partial charge in [-0.25, -0.2) is 13.1 Å². The number of morpholine rings is 1. The van der Waals surface area contributed by atoms with Crippen LogP contribution in [0.3, 0.4) is 0 Å². The Kier molecular flexibility index (Phi) is 6.93. The van der Waals surface area contributed by atoms with Gasteiger partial charge in [-0.1, -0.05) is 13.8 Å². The minimum absolute atomic E-state index is 0.00151. The summed E-state index contributed by atoms with van der Waals surface area (Å²) in [5.74, 6) is 0.290. The number of hydrogen-bond donors (Lipinski definition) is 1. The van der Waals surface area contributed by atoms with E-state index in [-0.39, 0.29) is 34.8 Å². The lowest BCUT2D eigenvalue weighted by Crippen LogP contribution is -2.51. The summed E-state index contributed by atoms with van der Waals surface area (Å²) >= 11 is 0. The fraction of sp³-hybridized carbons (Fsp3) is 0.625. The molecule has 9 nitrogen and oxygen atoms in total. The first kappa shape index (κ1) is 20.6.